The lowest BCUT2D eigenvalue weighted by Crippen LogP contribution is -2.29. The number of ether oxygens (including phenoxy) is 2. The molecule has 0 saturated carbocycles. The molecule has 1 aromatic carbocycles. The van der Waals surface area contributed by atoms with Crippen molar-refractivity contribution in [2.45, 2.75) is 32.3 Å². The fourth-order valence-corrected chi connectivity index (χ4v) is 2.40. The van der Waals surface area contributed by atoms with Gasteiger partial charge in [0.15, 0.2) is 0 Å². The number of anilines is 1. The first-order chi connectivity index (χ1) is 10.2. The van der Waals surface area contributed by atoms with Crippen LogP contribution in [0.1, 0.15) is 24.8 Å². The molecule has 1 heterocycles. The topological polar surface area (TPSA) is 59.6 Å². The minimum Gasteiger partial charge on any atom is -0.495 e. The van der Waals surface area contributed by atoms with Crippen molar-refractivity contribution in [2.75, 3.05) is 32.1 Å². The van der Waals surface area contributed by atoms with E-state index in [1.54, 1.807) is 7.11 Å². The van der Waals surface area contributed by atoms with Gasteiger partial charge in [-0.2, -0.15) is 0 Å². The van der Waals surface area contributed by atoms with E-state index in [0.717, 1.165) is 37.2 Å². The summed E-state index contributed by atoms with van der Waals surface area (Å²) < 4.78 is 10.8. The number of amides is 1. The molecule has 0 radical (unpaired) electrons. The van der Waals surface area contributed by atoms with E-state index >= 15 is 0 Å². The van der Waals surface area contributed by atoms with Gasteiger partial charge in [0.2, 0.25) is 5.91 Å². The fraction of sp³-hybridized carbons (Fsp3) is 0.562. The highest BCUT2D eigenvalue weighted by Crippen LogP contribution is 2.25. The van der Waals surface area contributed by atoms with Crippen LogP contribution in [0.15, 0.2) is 18.2 Å². The van der Waals surface area contributed by atoms with Crippen LogP contribution in [0.25, 0.3) is 0 Å². The van der Waals surface area contributed by atoms with Crippen LogP contribution in [0.5, 0.6) is 5.75 Å². The molecule has 2 rings (SSSR count). The molecule has 1 amide bonds. The first kappa shape index (κ1) is 15.8. The summed E-state index contributed by atoms with van der Waals surface area (Å²) >= 11 is 0. The highest BCUT2D eigenvalue weighted by atomic mass is 16.5. The maximum atomic E-state index is 12.0. The van der Waals surface area contributed by atoms with E-state index in [1.807, 2.05) is 25.1 Å². The van der Waals surface area contributed by atoms with Crippen molar-refractivity contribution in [2.24, 2.45) is 0 Å². The third-order valence-corrected chi connectivity index (χ3v) is 3.55. The second-order valence-electron chi connectivity index (χ2n) is 5.34. The Morgan fingerprint density at radius 2 is 2.33 bits per heavy atom. The van der Waals surface area contributed by atoms with E-state index < -0.39 is 0 Å². The van der Waals surface area contributed by atoms with Crippen molar-refractivity contribution in [3.63, 3.8) is 0 Å². The van der Waals surface area contributed by atoms with E-state index in [1.165, 1.54) is 0 Å². The molecule has 2 N–H and O–H groups in total. The molecule has 1 fully saturated rings. The van der Waals surface area contributed by atoms with Gasteiger partial charge in [-0.3, -0.25) is 4.79 Å². The largest absolute Gasteiger partial charge is 0.495 e. The van der Waals surface area contributed by atoms with E-state index in [-0.39, 0.29) is 5.91 Å². The maximum Gasteiger partial charge on any atom is 0.225 e. The molecule has 1 aliphatic heterocycles. The Morgan fingerprint density at radius 1 is 1.48 bits per heavy atom. The first-order valence-electron chi connectivity index (χ1n) is 7.46. The lowest BCUT2D eigenvalue weighted by atomic mass is 10.2. The van der Waals surface area contributed by atoms with Crippen LogP contribution in [-0.2, 0) is 9.53 Å². The van der Waals surface area contributed by atoms with Crippen LogP contribution < -0.4 is 15.4 Å². The molecule has 5 nitrogen and oxygen atoms in total. The summed E-state index contributed by atoms with van der Waals surface area (Å²) in [7, 11) is 1.60. The molecule has 0 aromatic heterocycles. The number of rotatable bonds is 7. The van der Waals surface area contributed by atoms with Crippen molar-refractivity contribution in [3.8, 4) is 5.75 Å². The highest BCUT2D eigenvalue weighted by molar-refractivity contribution is 5.92. The Balaban J connectivity index is 1.72. The summed E-state index contributed by atoms with van der Waals surface area (Å²) in [6.07, 6.45) is 2.99. The Bertz CT molecular complexity index is 471. The zero-order valence-electron chi connectivity index (χ0n) is 12.8. The predicted octanol–water partition coefficient (Wildman–Crippen LogP) is 2.10. The van der Waals surface area contributed by atoms with Gasteiger partial charge in [0, 0.05) is 26.1 Å². The van der Waals surface area contributed by atoms with Gasteiger partial charge in [-0.05, 0) is 37.5 Å². The smallest absolute Gasteiger partial charge is 0.225 e. The Morgan fingerprint density at radius 3 is 3.05 bits per heavy atom. The highest BCUT2D eigenvalue weighted by Gasteiger charge is 2.14. The number of carbonyl (C=O) groups excluding carboxylic acids is 1. The number of nitrogens with one attached hydrogen (secondary N) is 2. The molecule has 0 bridgehead atoms. The summed E-state index contributed by atoms with van der Waals surface area (Å²) in [6.45, 7) is 4.32. The van der Waals surface area contributed by atoms with Crippen molar-refractivity contribution in [3.05, 3.63) is 23.8 Å². The van der Waals surface area contributed by atoms with Gasteiger partial charge in [-0.25, -0.2) is 0 Å². The Kier molecular flexibility index (Phi) is 6.02. The predicted molar refractivity (Wildman–Crippen MR) is 82.8 cm³/mol. The standard InChI is InChI=1S/C16H24N2O3/c1-12-5-6-15(20-2)14(10-12)18-16(19)7-8-17-11-13-4-3-9-21-13/h5-6,10,13,17H,3-4,7-9,11H2,1-2H3,(H,18,19). The molecule has 1 unspecified atom stereocenters. The first-order valence-corrected chi connectivity index (χ1v) is 7.46. The van der Waals surface area contributed by atoms with Crippen LogP contribution in [-0.4, -0.2) is 38.8 Å². The van der Waals surface area contributed by atoms with Crippen LogP contribution in [0.3, 0.4) is 0 Å². The second kappa shape index (κ2) is 8.00. The number of aryl methyl sites for hydroxylation is 1. The van der Waals surface area contributed by atoms with Gasteiger partial charge < -0.3 is 20.1 Å². The lowest BCUT2D eigenvalue weighted by Gasteiger charge is -2.12. The fourth-order valence-electron chi connectivity index (χ4n) is 2.40. The van der Waals surface area contributed by atoms with Crippen molar-refractivity contribution in [1.29, 1.82) is 0 Å². The number of carbonyl (C=O) groups is 1. The van der Waals surface area contributed by atoms with Crippen molar-refractivity contribution >= 4 is 11.6 Å². The molecule has 21 heavy (non-hydrogen) atoms. The van der Waals surface area contributed by atoms with Gasteiger partial charge in [0.25, 0.3) is 0 Å². The van der Waals surface area contributed by atoms with Crippen LogP contribution in [0.4, 0.5) is 5.69 Å². The minimum absolute atomic E-state index is 0.0151. The number of methoxy groups -OCH3 is 1. The summed E-state index contributed by atoms with van der Waals surface area (Å²) in [5, 5.41) is 6.16. The third-order valence-electron chi connectivity index (χ3n) is 3.55. The molecule has 0 spiro atoms. The third kappa shape index (κ3) is 5.02. The van der Waals surface area contributed by atoms with Crippen molar-refractivity contribution < 1.29 is 14.3 Å². The van der Waals surface area contributed by atoms with Gasteiger partial charge in [0.05, 0.1) is 18.9 Å². The second-order valence-corrected chi connectivity index (χ2v) is 5.34. The molecule has 1 aromatic rings. The Hall–Kier alpha value is -1.59. The van der Waals surface area contributed by atoms with E-state index in [4.69, 9.17) is 9.47 Å². The van der Waals surface area contributed by atoms with Crippen LogP contribution in [0.2, 0.25) is 0 Å². The van der Waals surface area contributed by atoms with Crippen molar-refractivity contribution in [1.82, 2.24) is 5.32 Å². The SMILES string of the molecule is COc1ccc(C)cc1NC(=O)CCNCC1CCCO1. The van der Waals surface area contributed by atoms with E-state index in [2.05, 4.69) is 10.6 Å². The molecular formula is C16H24N2O3. The number of benzene rings is 1. The molecule has 0 aliphatic carbocycles. The van der Waals surface area contributed by atoms with Crippen LogP contribution in [0, 0.1) is 6.92 Å². The normalized spacial score (nSPS) is 17.7. The lowest BCUT2D eigenvalue weighted by molar-refractivity contribution is -0.116. The minimum atomic E-state index is -0.0151. The average molecular weight is 292 g/mol. The molecule has 1 saturated heterocycles. The molecule has 5 heteroatoms. The molecular weight excluding hydrogens is 268 g/mol. The zero-order chi connectivity index (χ0) is 15.1. The summed E-state index contributed by atoms with van der Waals surface area (Å²) in [4.78, 5) is 12.0. The summed E-state index contributed by atoms with van der Waals surface area (Å²) in [5.74, 6) is 0.667. The molecule has 1 atom stereocenters. The number of hydrogen-bond acceptors (Lipinski definition) is 4. The summed E-state index contributed by atoms with van der Waals surface area (Å²) in [6, 6.07) is 5.73. The zero-order valence-corrected chi connectivity index (χ0v) is 12.8. The average Bonchev–Trinajstić information content (AvgIpc) is 2.97. The van der Waals surface area contributed by atoms with E-state index in [9.17, 15) is 4.79 Å². The van der Waals surface area contributed by atoms with Crippen LogP contribution >= 0.6 is 0 Å². The quantitative estimate of drug-likeness (QED) is 0.756. The molecule has 1 aliphatic rings. The number of hydrogen-bond donors (Lipinski definition) is 2. The van der Waals surface area contributed by atoms with Gasteiger partial charge in [-0.1, -0.05) is 6.07 Å². The van der Waals surface area contributed by atoms with Gasteiger partial charge in [-0.15, -0.1) is 0 Å². The van der Waals surface area contributed by atoms with Gasteiger partial charge >= 0.3 is 0 Å². The van der Waals surface area contributed by atoms with E-state index in [0.29, 0.717) is 24.8 Å². The summed E-state index contributed by atoms with van der Waals surface area (Å²) in [5.41, 5.74) is 1.81. The maximum absolute atomic E-state index is 12.0. The Labute approximate surface area is 126 Å². The monoisotopic (exact) mass is 292 g/mol. The van der Waals surface area contributed by atoms with Gasteiger partial charge in [0.1, 0.15) is 5.75 Å². The molecule has 116 valence electrons.